The van der Waals surface area contributed by atoms with Gasteiger partial charge in [0.25, 0.3) is 0 Å². The lowest BCUT2D eigenvalue weighted by Gasteiger charge is -2.45. The standard InChI is InChI=1S/C15H24BrN3O4S/c1-15(2,3)23-14(21)17-10(7-20)12(13-18-11(16)8-24-13)19-5-9(6-19)22-4/h8-10,12,20H,5-7H2,1-4H3,(H,17,21). The van der Waals surface area contributed by atoms with E-state index in [1.165, 1.54) is 11.3 Å². The zero-order valence-electron chi connectivity index (χ0n) is 14.3. The van der Waals surface area contributed by atoms with E-state index >= 15 is 0 Å². The number of rotatable bonds is 6. The van der Waals surface area contributed by atoms with E-state index in [1.807, 2.05) is 5.38 Å². The van der Waals surface area contributed by atoms with Crippen LogP contribution < -0.4 is 5.32 Å². The summed E-state index contributed by atoms with van der Waals surface area (Å²) in [5, 5.41) is 15.3. The van der Waals surface area contributed by atoms with E-state index in [4.69, 9.17) is 9.47 Å². The second kappa shape index (κ2) is 8.09. The number of nitrogens with zero attached hydrogens (tertiary/aromatic N) is 2. The van der Waals surface area contributed by atoms with E-state index in [9.17, 15) is 9.90 Å². The molecule has 0 radical (unpaired) electrons. The van der Waals surface area contributed by atoms with Gasteiger partial charge in [-0.2, -0.15) is 0 Å². The van der Waals surface area contributed by atoms with Crippen molar-refractivity contribution in [1.82, 2.24) is 15.2 Å². The number of alkyl carbamates (subject to hydrolysis) is 1. The third-order valence-electron chi connectivity index (χ3n) is 3.63. The number of amides is 1. The average Bonchev–Trinajstić information content (AvgIpc) is 2.84. The van der Waals surface area contributed by atoms with Crippen molar-refractivity contribution in [2.24, 2.45) is 0 Å². The Morgan fingerprint density at radius 2 is 2.25 bits per heavy atom. The smallest absolute Gasteiger partial charge is 0.408 e. The van der Waals surface area contributed by atoms with Gasteiger partial charge in [0.15, 0.2) is 0 Å². The minimum absolute atomic E-state index is 0.164. The van der Waals surface area contributed by atoms with Gasteiger partial charge in [-0.3, -0.25) is 4.90 Å². The Hall–Kier alpha value is -0.740. The van der Waals surface area contributed by atoms with E-state index in [1.54, 1.807) is 27.9 Å². The highest BCUT2D eigenvalue weighted by molar-refractivity contribution is 9.10. The van der Waals surface area contributed by atoms with Crippen molar-refractivity contribution in [2.75, 3.05) is 26.8 Å². The van der Waals surface area contributed by atoms with Gasteiger partial charge in [0.1, 0.15) is 15.2 Å². The number of carbonyl (C=O) groups excluding carboxylic acids is 1. The van der Waals surface area contributed by atoms with Crippen LogP contribution in [0.25, 0.3) is 0 Å². The number of aliphatic hydroxyl groups is 1. The van der Waals surface area contributed by atoms with Crippen molar-refractivity contribution in [3.63, 3.8) is 0 Å². The predicted octanol–water partition coefficient (Wildman–Crippen LogP) is 2.16. The summed E-state index contributed by atoms with van der Waals surface area (Å²) in [4.78, 5) is 18.7. The second-order valence-electron chi connectivity index (χ2n) is 6.70. The summed E-state index contributed by atoms with van der Waals surface area (Å²) in [6, 6.07) is -0.749. The van der Waals surface area contributed by atoms with E-state index in [0.717, 1.165) is 22.7 Å². The zero-order chi connectivity index (χ0) is 17.9. The molecule has 136 valence electrons. The van der Waals surface area contributed by atoms with Crippen LogP contribution in [0.5, 0.6) is 0 Å². The van der Waals surface area contributed by atoms with Crippen LogP contribution in [-0.4, -0.2) is 65.6 Å². The molecular formula is C15H24BrN3O4S. The Morgan fingerprint density at radius 1 is 1.58 bits per heavy atom. The summed E-state index contributed by atoms with van der Waals surface area (Å²) < 4.78 is 11.4. The number of thiazole rings is 1. The van der Waals surface area contributed by atoms with Gasteiger partial charge in [-0.1, -0.05) is 0 Å². The minimum atomic E-state index is -0.596. The number of likely N-dealkylation sites (tertiary alicyclic amines) is 1. The third-order valence-corrected chi connectivity index (χ3v) is 5.25. The van der Waals surface area contributed by atoms with Crippen LogP contribution in [0.4, 0.5) is 4.79 Å². The van der Waals surface area contributed by atoms with Crippen LogP contribution >= 0.6 is 27.3 Å². The molecule has 2 N–H and O–H groups in total. The molecule has 1 fully saturated rings. The summed E-state index contributed by atoms with van der Waals surface area (Å²) in [5.41, 5.74) is -0.596. The number of hydrogen-bond acceptors (Lipinski definition) is 7. The van der Waals surface area contributed by atoms with Gasteiger partial charge in [-0.15, -0.1) is 11.3 Å². The normalized spacial score (nSPS) is 18.8. The molecule has 2 rings (SSSR count). The molecule has 2 heterocycles. The van der Waals surface area contributed by atoms with Crippen LogP contribution in [0, 0.1) is 0 Å². The topological polar surface area (TPSA) is 83.9 Å². The number of hydrogen-bond donors (Lipinski definition) is 2. The second-order valence-corrected chi connectivity index (χ2v) is 8.40. The SMILES string of the molecule is COC1CN(C(c2nc(Br)cs2)C(CO)NC(=O)OC(C)(C)C)C1. The van der Waals surface area contributed by atoms with Gasteiger partial charge in [0.2, 0.25) is 0 Å². The molecule has 0 saturated carbocycles. The van der Waals surface area contributed by atoms with Crippen molar-refractivity contribution in [2.45, 2.75) is 44.6 Å². The fourth-order valence-corrected chi connectivity index (χ4v) is 3.98. The van der Waals surface area contributed by atoms with Crippen molar-refractivity contribution >= 4 is 33.4 Å². The Morgan fingerprint density at radius 3 is 2.71 bits per heavy atom. The van der Waals surface area contributed by atoms with Gasteiger partial charge >= 0.3 is 6.09 Å². The van der Waals surface area contributed by atoms with Gasteiger partial charge < -0.3 is 19.9 Å². The van der Waals surface area contributed by atoms with Crippen molar-refractivity contribution in [3.05, 3.63) is 15.0 Å². The molecule has 1 aromatic rings. The van der Waals surface area contributed by atoms with Crippen LogP contribution in [0.3, 0.4) is 0 Å². The number of halogens is 1. The number of nitrogens with one attached hydrogen (secondary N) is 1. The molecule has 0 bridgehead atoms. The Labute approximate surface area is 154 Å². The minimum Gasteiger partial charge on any atom is -0.444 e. The molecular weight excluding hydrogens is 398 g/mol. The Balaban J connectivity index is 2.13. The molecule has 1 amide bonds. The molecule has 2 atom stereocenters. The van der Waals surface area contributed by atoms with Gasteiger partial charge in [-0.05, 0) is 36.7 Å². The van der Waals surface area contributed by atoms with E-state index in [-0.39, 0.29) is 18.8 Å². The molecule has 24 heavy (non-hydrogen) atoms. The maximum Gasteiger partial charge on any atom is 0.408 e. The fraction of sp³-hybridized carbons (Fsp3) is 0.733. The summed E-state index contributed by atoms with van der Waals surface area (Å²) in [6.45, 7) is 6.64. The largest absolute Gasteiger partial charge is 0.444 e. The first-order valence-corrected chi connectivity index (χ1v) is 9.39. The highest BCUT2D eigenvalue weighted by Crippen LogP contribution is 2.33. The number of carbonyl (C=O) groups is 1. The predicted molar refractivity (Wildman–Crippen MR) is 95.2 cm³/mol. The summed E-state index contributed by atoms with van der Waals surface area (Å²) in [5.74, 6) is 0. The van der Waals surface area contributed by atoms with Crippen LogP contribution in [0.2, 0.25) is 0 Å². The monoisotopic (exact) mass is 421 g/mol. The molecule has 2 unspecified atom stereocenters. The third kappa shape index (κ3) is 5.13. The first kappa shape index (κ1) is 19.6. The van der Waals surface area contributed by atoms with Crippen LogP contribution in [-0.2, 0) is 9.47 Å². The number of aliphatic hydroxyl groups excluding tert-OH is 1. The lowest BCUT2D eigenvalue weighted by atomic mass is 10.0. The van der Waals surface area contributed by atoms with Crippen LogP contribution in [0.15, 0.2) is 9.98 Å². The van der Waals surface area contributed by atoms with Gasteiger partial charge in [0.05, 0.1) is 24.8 Å². The van der Waals surface area contributed by atoms with Crippen LogP contribution in [0.1, 0.15) is 31.8 Å². The maximum atomic E-state index is 12.1. The molecule has 7 nitrogen and oxygen atoms in total. The fourth-order valence-electron chi connectivity index (χ4n) is 2.51. The summed E-state index contributed by atoms with van der Waals surface area (Å²) in [6.07, 6.45) is -0.386. The molecule has 1 saturated heterocycles. The zero-order valence-corrected chi connectivity index (χ0v) is 16.7. The van der Waals surface area contributed by atoms with Gasteiger partial charge in [0, 0.05) is 25.6 Å². The van der Waals surface area contributed by atoms with Crippen molar-refractivity contribution < 1.29 is 19.4 Å². The summed E-state index contributed by atoms with van der Waals surface area (Å²) in [7, 11) is 1.68. The first-order valence-electron chi connectivity index (χ1n) is 7.71. The van der Waals surface area contributed by atoms with E-state index < -0.39 is 17.7 Å². The molecule has 0 spiro atoms. The Kier molecular flexibility index (Phi) is 6.60. The molecule has 0 aliphatic carbocycles. The number of ether oxygens (including phenoxy) is 2. The quantitative estimate of drug-likeness (QED) is 0.731. The molecule has 9 heteroatoms. The number of aromatic nitrogens is 1. The lowest BCUT2D eigenvalue weighted by molar-refractivity contribution is -0.0627. The van der Waals surface area contributed by atoms with Crippen molar-refractivity contribution in [3.8, 4) is 0 Å². The molecule has 0 aromatic carbocycles. The highest BCUT2D eigenvalue weighted by Gasteiger charge is 2.40. The Bertz CT molecular complexity index is 557. The summed E-state index contributed by atoms with van der Waals surface area (Å²) >= 11 is 4.84. The van der Waals surface area contributed by atoms with Gasteiger partial charge in [-0.25, -0.2) is 9.78 Å². The molecule has 1 aromatic heterocycles. The molecule has 1 aliphatic rings. The number of methoxy groups -OCH3 is 1. The van der Waals surface area contributed by atoms with Crippen molar-refractivity contribution in [1.29, 1.82) is 0 Å². The first-order chi connectivity index (χ1) is 11.2. The highest BCUT2D eigenvalue weighted by atomic mass is 79.9. The lowest BCUT2D eigenvalue weighted by Crippen LogP contribution is -2.58. The van der Waals surface area contributed by atoms with E-state index in [2.05, 4.69) is 31.1 Å². The average molecular weight is 422 g/mol. The molecule has 1 aliphatic heterocycles. The van der Waals surface area contributed by atoms with E-state index in [0.29, 0.717) is 0 Å². The maximum absolute atomic E-state index is 12.1.